The minimum Gasteiger partial charge on any atom is -0.359 e. The van der Waals surface area contributed by atoms with E-state index < -0.39 is 0 Å². The summed E-state index contributed by atoms with van der Waals surface area (Å²) in [6.45, 7) is 0. The average Bonchev–Trinajstić information content (AvgIpc) is 3.03. The largest absolute Gasteiger partial charge is 0.359 e. The van der Waals surface area contributed by atoms with Gasteiger partial charge in [0, 0.05) is 21.8 Å². The van der Waals surface area contributed by atoms with Gasteiger partial charge in [-0.15, -0.1) is 0 Å². The van der Waals surface area contributed by atoms with Gasteiger partial charge in [-0.25, -0.2) is 4.72 Å². The molecule has 20 heavy (non-hydrogen) atoms. The Kier molecular flexibility index (Phi) is 3.22. The predicted octanol–water partition coefficient (Wildman–Crippen LogP) is 3.83. The molecule has 2 aromatic rings. The number of rotatable bonds is 3. The fourth-order valence-corrected chi connectivity index (χ4v) is 4.47. The van der Waals surface area contributed by atoms with Crippen LogP contribution in [0.15, 0.2) is 64.4 Å². The van der Waals surface area contributed by atoms with Crippen molar-refractivity contribution in [2.75, 3.05) is 0 Å². The van der Waals surface area contributed by atoms with Crippen LogP contribution in [0.3, 0.4) is 0 Å². The highest BCUT2D eigenvalue weighted by Crippen LogP contribution is 2.43. The Labute approximate surface area is 127 Å². The quantitative estimate of drug-likeness (QED) is 0.841. The molecular formula is C16H14N2S2. The first-order valence-electron chi connectivity index (χ1n) is 6.62. The van der Waals surface area contributed by atoms with Crippen LogP contribution in [0.25, 0.3) is 5.70 Å². The van der Waals surface area contributed by atoms with Gasteiger partial charge in [-0.05, 0) is 29.6 Å². The molecule has 4 heteroatoms. The monoisotopic (exact) mass is 298 g/mol. The highest BCUT2D eigenvalue weighted by molar-refractivity contribution is 8.05. The van der Waals surface area contributed by atoms with Gasteiger partial charge in [-0.1, -0.05) is 54.2 Å². The molecule has 2 aromatic carbocycles. The Morgan fingerprint density at radius 1 is 1.05 bits per heavy atom. The molecule has 2 aliphatic rings. The summed E-state index contributed by atoms with van der Waals surface area (Å²) >= 11 is 3.57. The van der Waals surface area contributed by atoms with Crippen molar-refractivity contribution in [2.24, 2.45) is 0 Å². The molecule has 100 valence electrons. The van der Waals surface area contributed by atoms with Gasteiger partial charge in [0.05, 0.1) is 5.70 Å². The van der Waals surface area contributed by atoms with Crippen molar-refractivity contribution in [1.82, 2.24) is 10.0 Å². The summed E-state index contributed by atoms with van der Waals surface area (Å²) in [6.07, 6.45) is 1.07. The van der Waals surface area contributed by atoms with Gasteiger partial charge in [0.15, 0.2) is 0 Å². The molecule has 1 aliphatic carbocycles. The van der Waals surface area contributed by atoms with Crippen molar-refractivity contribution < 1.29 is 0 Å². The first-order chi connectivity index (χ1) is 9.90. The Morgan fingerprint density at radius 3 is 2.75 bits per heavy atom. The first kappa shape index (κ1) is 12.4. The van der Waals surface area contributed by atoms with Crippen LogP contribution in [-0.2, 0) is 6.42 Å². The first-order valence-corrected chi connectivity index (χ1v) is 8.32. The number of hydrogen-bond acceptors (Lipinski definition) is 4. The molecule has 0 fully saturated rings. The lowest BCUT2D eigenvalue weighted by Crippen LogP contribution is -2.31. The second-order valence-electron chi connectivity index (χ2n) is 4.81. The molecule has 1 atom stereocenters. The Morgan fingerprint density at radius 2 is 1.85 bits per heavy atom. The number of fused-ring (bicyclic) bond motifs is 2. The van der Waals surface area contributed by atoms with E-state index in [1.807, 2.05) is 17.8 Å². The molecule has 0 bridgehead atoms. The summed E-state index contributed by atoms with van der Waals surface area (Å²) in [4.78, 5) is 2.69. The van der Waals surface area contributed by atoms with E-state index in [2.05, 4.69) is 58.6 Å². The lowest BCUT2D eigenvalue weighted by atomic mass is 10.1. The van der Waals surface area contributed by atoms with Crippen LogP contribution < -0.4 is 10.0 Å². The van der Waals surface area contributed by atoms with Crippen LogP contribution in [0, 0.1) is 0 Å². The van der Waals surface area contributed by atoms with Gasteiger partial charge in [0.2, 0.25) is 0 Å². The molecule has 1 heterocycles. The minimum atomic E-state index is 0.249. The van der Waals surface area contributed by atoms with Gasteiger partial charge >= 0.3 is 0 Å². The summed E-state index contributed by atoms with van der Waals surface area (Å²) < 4.78 is 3.48. The molecule has 0 saturated carbocycles. The maximum atomic E-state index is 3.59. The van der Waals surface area contributed by atoms with Crippen LogP contribution in [0.2, 0.25) is 0 Å². The zero-order valence-corrected chi connectivity index (χ0v) is 12.4. The molecule has 2 N–H and O–H groups in total. The predicted molar refractivity (Wildman–Crippen MR) is 87.0 cm³/mol. The average molecular weight is 298 g/mol. The maximum absolute atomic E-state index is 3.59. The Hall–Kier alpha value is -1.36. The summed E-state index contributed by atoms with van der Waals surface area (Å²) in [5, 5.41) is 3.59. The van der Waals surface area contributed by atoms with Crippen molar-refractivity contribution in [2.45, 2.75) is 16.8 Å². The van der Waals surface area contributed by atoms with E-state index >= 15 is 0 Å². The summed E-state index contributed by atoms with van der Waals surface area (Å²) in [6, 6.07) is 19.1. The number of nitrogens with one attached hydrogen (secondary N) is 2. The SMILES string of the molecule is c1ccc(SNC2NC3=C(Cc4ccccc43)S2)cc1. The third-order valence-electron chi connectivity index (χ3n) is 3.48. The summed E-state index contributed by atoms with van der Waals surface area (Å²) in [7, 11) is 0. The fraction of sp³-hybridized carbons (Fsp3) is 0.125. The third kappa shape index (κ3) is 2.24. The molecule has 2 nitrogen and oxygen atoms in total. The van der Waals surface area contributed by atoms with Crippen molar-refractivity contribution in [3.05, 3.63) is 70.6 Å². The Balaban J connectivity index is 1.42. The number of thioether (sulfide) groups is 1. The van der Waals surface area contributed by atoms with E-state index in [0.29, 0.717) is 0 Å². The molecule has 1 aliphatic heterocycles. The fourth-order valence-electron chi connectivity index (χ4n) is 2.56. The number of benzene rings is 2. The molecule has 0 saturated heterocycles. The van der Waals surface area contributed by atoms with Crippen LogP contribution in [0.1, 0.15) is 11.1 Å². The summed E-state index contributed by atoms with van der Waals surface area (Å²) in [5.41, 5.74) is 4.37. The number of hydrogen-bond donors (Lipinski definition) is 2. The van der Waals surface area contributed by atoms with Gasteiger partial charge in [0.1, 0.15) is 5.50 Å². The van der Waals surface area contributed by atoms with E-state index in [-0.39, 0.29) is 5.50 Å². The molecule has 0 amide bonds. The van der Waals surface area contributed by atoms with E-state index in [1.165, 1.54) is 26.6 Å². The second kappa shape index (κ2) is 5.20. The van der Waals surface area contributed by atoms with Gasteiger partial charge in [-0.2, -0.15) is 0 Å². The lowest BCUT2D eigenvalue weighted by molar-refractivity contribution is 0.799. The zero-order chi connectivity index (χ0) is 13.4. The highest BCUT2D eigenvalue weighted by atomic mass is 32.2. The smallest absolute Gasteiger partial charge is 0.139 e. The summed E-state index contributed by atoms with van der Waals surface area (Å²) in [5.74, 6) is 0. The third-order valence-corrected chi connectivity index (χ3v) is 5.59. The second-order valence-corrected chi connectivity index (χ2v) is 6.92. The molecule has 1 unspecified atom stereocenters. The maximum Gasteiger partial charge on any atom is 0.139 e. The molecular weight excluding hydrogens is 284 g/mol. The van der Waals surface area contributed by atoms with Crippen molar-refractivity contribution >= 4 is 29.4 Å². The van der Waals surface area contributed by atoms with E-state index in [1.54, 1.807) is 11.9 Å². The molecule has 0 aromatic heterocycles. The standard InChI is InChI=1S/C16H14N2S2/c1-2-7-12(8-3-1)20-18-16-17-15-13-9-5-4-6-11(13)10-14(15)19-16/h1-9,16-18H,10H2. The molecule has 0 radical (unpaired) electrons. The topological polar surface area (TPSA) is 24.1 Å². The Bertz CT molecular complexity index is 667. The molecule has 0 spiro atoms. The van der Waals surface area contributed by atoms with Crippen molar-refractivity contribution in [3.63, 3.8) is 0 Å². The van der Waals surface area contributed by atoms with E-state index in [0.717, 1.165) is 6.42 Å². The van der Waals surface area contributed by atoms with Gasteiger partial charge < -0.3 is 5.32 Å². The normalized spacial score (nSPS) is 19.7. The van der Waals surface area contributed by atoms with Crippen LogP contribution in [0.5, 0.6) is 0 Å². The van der Waals surface area contributed by atoms with Gasteiger partial charge in [0.25, 0.3) is 0 Å². The van der Waals surface area contributed by atoms with Crippen molar-refractivity contribution in [3.8, 4) is 0 Å². The number of allylic oxidation sites excluding steroid dienone is 1. The van der Waals surface area contributed by atoms with Crippen molar-refractivity contribution in [1.29, 1.82) is 0 Å². The van der Waals surface area contributed by atoms with Gasteiger partial charge in [-0.3, -0.25) is 0 Å². The van der Waals surface area contributed by atoms with E-state index in [4.69, 9.17) is 0 Å². The minimum absolute atomic E-state index is 0.249. The van der Waals surface area contributed by atoms with Crippen LogP contribution in [0.4, 0.5) is 0 Å². The lowest BCUT2D eigenvalue weighted by Gasteiger charge is -2.15. The van der Waals surface area contributed by atoms with E-state index in [9.17, 15) is 0 Å². The zero-order valence-electron chi connectivity index (χ0n) is 10.8. The van der Waals surface area contributed by atoms with Crippen LogP contribution >= 0.6 is 23.7 Å². The highest BCUT2D eigenvalue weighted by Gasteiger charge is 2.30. The van der Waals surface area contributed by atoms with Crippen LogP contribution in [-0.4, -0.2) is 5.50 Å². The molecule has 4 rings (SSSR count).